The van der Waals surface area contributed by atoms with Gasteiger partial charge in [-0.1, -0.05) is 0 Å². The second-order valence-corrected chi connectivity index (χ2v) is 4.79. The first-order chi connectivity index (χ1) is 7.26. The van der Waals surface area contributed by atoms with Gasteiger partial charge in [0.15, 0.2) is 6.10 Å². The minimum atomic E-state index is -1.37. The first-order valence-electron chi connectivity index (χ1n) is 5.11. The van der Waals surface area contributed by atoms with Crippen molar-refractivity contribution in [3.05, 3.63) is 0 Å². The largest absolute Gasteiger partial charge is 0.458 e. The van der Waals surface area contributed by atoms with Crippen molar-refractivity contribution in [1.82, 2.24) is 0 Å². The van der Waals surface area contributed by atoms with Gasteiger partial charge in [-0.25, -0.2) is 4.79 Å². The zero-order chi connectivity index (χ0) is 12.5. The highest BCUT2D eigenvalue weighted by molar-refractivity contribution is 5.76. The van der Waals surface area contributed by atoms with E-state index in [-0.39, 0.29) is 0 Å². The molecule has 1 aliphatic heterocycles. The lowest BCUT2D eigenvalue weighted by atomic mass is 10.1. The number of ether oxygens (including phenoxy) is 2. The van der Waals surface area contributed by atoms with Crippen molar-refractivity contribution in [2.75, 3.05) is 6.61 Å². The fourth-order valence-electron chi connectivity index (χ4n) is 1.45. The topological polar surface area (TPSA) is 96.2 Å². The van der Waals surface area contributed by atoms with Gasteiger partial charge in [0.1, 0.15) is 23.9 Å². The summed E-state index contributed by atoms with van der Waals surface area (Å²) < 4.78 is 10.0. The molecule has 1 aliphatic rings. The molecule has 0 aliphatic carbocycles. The van der Waals surface area contributed by atoms with E-state index in [1.165, 1.54) is 0 Å². The first kappa shape index (κ1) is 13.4. The maximum atomic E-state index is 11.6. The standard InChI is InChI=1S/C10H18O6/c1-10(2,3)16-9(14)8-7(13)6(12)5(4-11)15-8/h5-8,11-13H,4H2,1-3H3/t5-,6-,7+,8-/m1/s1. The van der Waals surface area contributed by atoms with Crippen molar-refractivity contribution in [3.8, 4) is 0 Å². The molecular formula is C10H18O6. The first-order valence-corrected chi connectivity index (χ1v) is 5.11. The smallest absolute Gasteiger partial charge is 0.338 e. The van der Waals surface area contributed by atoms with E-state index in [4.69, 9.17) is 14.6 Å². The highest BCUT2D eigenvalue weighted by Gasteiger charge is 2.47. The van der Waals surface area contributed by atoms with Gasteiger partial charge in [-0.3, -0.25) is 0 Å². The molecule has 1 fully saturated rings. The van der Waals surface area contributed by atoms with Crippen molar-refractivity contribution < 1.29 is 29.6 Å². The molecule has 6 nitrogen and oxygen atoms in total. The van der Waals surface area contributed by atoms with Crippen LogP contribution in [0.15, 0.2) is 0 Å². The van der Waals surface area contributed by atoms with Gasteiger partial charge in [-0.15, -0.1) is 0 Å². The van der Waals surface area contributed by atoms with Crippen LogP contribution in [-0.4, -0.2) is 57.9 Å². The Kier molecular flexibility index (Phi) is 3.90. The third kappa shape index (κ3) is 2.91. The van der Waals surface area contributed by atoms with Crippen LogP contribution in [0.1, 0.15) is 20.8 Å². The summed E-state index contributed by atoms with van der Waals surface area (Å²) in [6.07, 6.45) is -4.84. The molecule has 0 radical (unpaired) electrons. The van der Waals surface area contributed by atoms with E-state index in [0.29, 0.717) is 0 Å². The van der Waals surface area contributed by atoms with E-state index >= 15 is 0 Å². The molecule has 0 amide bonds. The molecular weight excluding hydrogens is 216 g/mol. The van der Waals surface area contributed by atoms with Gasteiger partial charge in [0.05, 0.1) is 6.61 Å². The number of rotatable bonds is 2. The summed E-state index contributed by atoms with van der Waals surface area (Å²) in [7, 11) is 0. The summed E-state index contributed by atoms with van der Waals surface area (Å²) >= 11 is 0. The molecule has 0 saturated carbocycles. The van der Waals surface area contributed by atoms with Crippen LogP contribution >= 0.6 is 0 Å². The molecule has 0 unspecified atom stereocenters. The lowest BCUT2D eigenvalue weighted by Crippen LogP contribution is -2.40. The van der Waals surface area contributed by atoms with Crippen molar-refractivity contribution in [2.45, 2.75) is 50.8 Å². The van der Waals surface area contributed by atoms with Gasteiger partial charge in [0.2, 0.25) is 0 Å². The Hall–Kier alpha value is -0.690. The predicted octanol–water partition coefficient (Wildman–Crippen LogP) is -1.19. The van der Waals surface area contributed by atoms with Gasteiger partial charge in [-0.2, -0.15) is 0 Å². The van der Waals surface area contributed by atoms with E-state index < -0.39 is 42.6 Å². The van der Waals surface area contributed by atoms with Crippen LogP contribution in [0.3, 0.4) is 0 Å². The maximum absolute atomic E-state index is 11.6. The lowest BCUT2D eigenvalue weighted by molar-refractivity contribution is -0.172. The molecule has 0 spiro atoms. The monoisotopic (exact) mass is 234 g/mol. The molecule has 0 aromatic rings. The molecule has 4 atom stereocenters. The molecule has 0 bridgehead atoms. The van der Waals surface area contributed by atoms with Gasteiger partial charge in [-0.05, 0) is 20.8 Å². The van der Waals surface area contributed by atoms with Crippen LogP contribution in [0, 0.1) is 0 Å². The fraction of sp³-hybridized carbons (Fsp3) is 0.900. The average molecular weight is 234 g/mol. The molecule has 16 heavy (non-hydrogen) atoms. The van der Waals surface area contributed by atoms with Crippen LogP contribution in [0.4, 0.5) is 0 Å². The Morgan fingerprint density at radius 2 is 1.88 bits per heavy atom. The van der Waals surface area contributed by atoms with Gasteiger partial charge < -0.3 is 24.8 Å². The number of aliphatic hydroxyl groups is 3. The molecule has 1 heterocycles. The third-order valence-electron chi connectivity index (χ3n) is 2.18. The van der Waals surface area contributed by atoms with E-state index in [1.54, 1.807) is 20.8 Å². The van der Waals surface area contributed by atoms with Gasteiger partial charge >= 0.3 is 5.97 Å². The Labute approximate surface area is 93.8 Å². The SMILES string of the molecule is CC(C)(C)OC(=O)[C@@H]1O[C@H](CO)[C@@H](O)[C@@H]1O. The fourth-order valence-corrected chi connectivity index (χ4v) is 1.45. The second kappa shape index (κ2) is 4.67. The number of carbonyl (C=O) groups excluding carboxylic acids is 1. The number of hydrogen-bond acceptors (Lipinski definition) is 6. The third-order valence-corrected chi connectivity index (χ3v) is 2.18. The molecule has 0 aromatic heterocycles. The average Bonchev–Trinajstić information content (AvgIpc) is 2.41. The molecule has 1 rings (SSSR count). The molecule has 1 saturated heterocycles. The zero-order valence-electron chi connectivity index (χ0n) is 9.58. The Morgan fingerprint density at radius 1 is 1.31 bits per heavy atom. The summed E-state index contributed by atoms with van der Waals surface area (Å²) in [5, 5.41) is 27.8. The lowest BCUT2D eigenvalue weighted by Gasteiger charge is -2.22. The normalized spacial score (nSPS) is 35.1. The number of hydrogen-bond donors (Lipinski definition) is 3. The number of carbonyl (C=O) groups is 1. The zero-order valence-corrected chi connectivity index (χ0v) is 9.58. The minimum Gasteiger partial charge on any atom is -0.458 e. The molecule has 6 heteroatoms. The van der Waals surface area contributed by atoms with Crippen LogP contribution in [0.2, 0.25) is 0 Å². The number of aliphatic hydroxyl groups excluding tert-OH is 3. The summed E-state index contributed by atoms with van der Waals surface area (Å²) in [5.41, 5.74) is -0.692. The molecule has 0 aromatic carbocycles. The summed E-state index contributed by atoms with van der Waals surface area (Å²) in [5.74, 6) is -0.741. The summed E-state index contributed by atoms with van der Waals surface area (Å²) in [4.78, 5) is 11.6. The number of esters is 1. The van der Waals surface area contributed by atoms with Crippen molar-refractivity contribution >= 4 is 5.97 Å². The van der Waals surface area contributed by atoms with E-state index in [9.17, 15) is 15.0 Å². The van der Waals surface area contributed by atoms with E-state index in [1.807, 2.05) is 0 Å². The predicted molar refractivity (Wildman–Crippen MR) is 53.6 cm³/mol. The Bertz CT molecular complexity index is 259. The van der Waals surface area contributed by atoms with Crippen molar-refractivity contribution in [3.63, 3.8) is 0 Å². The summed E-state index contributed by atoms with van der Waals surface area (Å²) in [6, 6.07) is 0. The van der Waals surface area contributed by atoms with Crippen molar-refractivity contribution in [1.29, 1.82) is 0 Å². The van der Waals surface area contributed by atoms with Gasteiger partial charge in [0.25, 0.3) is 0 Å². The molecule has 94 valence electrons. The summed E-state index contributed by atoms with van der Waals surface area (Å²) in [6.45, 7) is 4.60. The van der Waals surface area contributed by atoms with Crippen LogP contribution < -0.4 is 0 Å². The quantitative estimate of drug-likeness (QED) is 0.520. The maximum Gasteiger partial charge on any atom is 0.338 e. The van der Waals surface area contributed by atoms with E-state index in [2.05, 4.69) is 0 Å². The highest BCUT2D eigenvalue weighted by atomic mass is 16.6. The minimum absolute atomic E-state index is 0.461. The van der Waals surface area contributed by atoms with Crippen molar-refractivity contribution in [2.24, 2.45) is 0 Å². The van der Waals surface area contributed by atoms with Crippen LogP contribution in [-0.2, 0) is 14.3 Å². The second-order valence-electron chi connectivity index (χ2n) is 4.79. The van der Waals surface area contributed by atoms with E-state index in [0.717, 1.165) is 0 Å². The Morgan fingerprint density at radius 3 is 2.25 bits per heavy atom. The van der Waals surface area contributed by atoms with Gasteiger partial charge in [0, 0.05) is 0 Å². The van der Waals surface area contributed by atoms with Crippen LogP contribution in [0.5, 0.6) is 0 Å². The molecule has 3 N–H and O–H groups in total. The van der Waals surface area contributed by atoms with Crippen LogP contribution in [0.25, 0.3) is 0 Å². The highest BCUT2D eigenvalue weighted by Crippen LogP contribution is 2.23. The Balaban J connectivity index is 2.65.